The first-order chi connectivity index (χ1) is 5.25. The summed E-state index contributed by atoms with van der Waals surface area (Å²) in [6.07, 6.45) is 0. The molecule has 3 heteroatoms. The molecule has 11 heavy (non-hydrogen) atoms. The summed E-state index contributed by atoms with van der Waals surface area (Å²) in [6.45, 7) is 3.48. The number of hydrogen-bond donors (Lipinski definition) is 0. The first kappa shape index (κ1) is 8.62. The van der Waals surface area contributed by atoms with E-state index in [9.17, 15) is 4.39 Å². The van der Waals surface area contributed by atoms with Gasteiger partial charge in [0, 0.05) is 4.90 Å². The van der Waals surface area contributed by atoms with Crippen molar-refractivity contribution >= 4 is 23.4 Å². The zero-order valence-corrected chi connectivity index (χ0v) is 7.25. The molecule has 0 saturated carbocycles. The lowest BCUT2D eigenvalue weighted by molar-refractivity contribution is 0.603. The monoisotopic (exact) mass is 188 g/mol. The lowest BCUT2D eigenvalue weighted by atomic mass is 10.3. The summed E-state index contributed by atoms with van der Waals surface area (Å²) >= 11 is 6.75. The van der Waals surface area contributed by atoms with E-state index in [-0.39, 0.29) is 10.8 Å². The molecule has 0 amide bonds. The Hall–Kier alpha value is -0.470. The minimum absolute atomic E-state index is 0.150. The Morgan fingerprint density at radius 2 is 2.27 bits per heavy atom. The molecule has 58 valence electrons. The molecule has 1 aromatic rings. The van der Waals surface area contributed by atoms with Gasteiger partial charge < -0.3 is 0 Å². The normalized spacial score (nSPS) is 9.64. The third-order valence-electron chi connectivity index (χ3n) is 1.13. The quantitative estimate of drug-likeness (QED) is 0.638. The van der Waals surface area contributed by atoms with Gasteiger partial charge in [-0.15, -0.1) is 0 Å². The van der Waals surface area contributed by atoms with Crippen molar-refractivity contribution in [3.8, 4) is 0 Å². The maximum Gasteiger partial charge on any atom is 0.155 e. The molecule has 0 aliphatic rings. The Morgan fingerprint density at radius 1 is 1.55 bits per heavy atom. The molecule has 0 saturated heterocycles. The fraction of sp³-hybridized carbons (Fsp3) is 0. The third kappa shape index (κ3) is 1.98. The average Bonchev–Trinajstić information content (AvgIpc) is 1.99. The standard InChI is InChI=1S/C8H6ClFS/c1-2-11-7-5-3-4-6(9)8(7)10/h2-5H,1H2. The van der Waals surface area contributed by atoms with Gasteiger partial charge in [0.15, 0.2) is 5.82 Å². The van der Waals surface area contributed by atoms with Crippen LogP contribution in [0.5, 0.6) is 0 Å². The molecule has 0 N–H and O–H groups in total. The Morgan fingerprint density at radius 3 is 2.91 bits per heavy atom. The van der Waals surface area contributed by atoms with E-state index in [1.54, 1.807) is 17.5 Å². The van der Waals surface area contributed by atoms with Gasteiger partial charge in [0.2, 0.25) is 0 Å². The van der Waals surface area contributed by atoms with Gasteiger partial charge in [0.25, 0.3) is 0 Å². The second-order valence-electron chi connectivity index (χ2n) is 1.84. The largest absolute Gasteiger partial charge is 0.204 e. The second kappa shape index (κ2) is 3.79. The highest BCUT2D eigenvalue weighted by molar-refractivity contribution is 8.02. The fourth-order valence-electron chi connectivity index (χ4n) is 0.665. The molecular formula is C8H6ClFS. The van der Waals surface area contributed by atoms with Gasteiger partial charge in [0.1, 0.15) is 0 Å². The van der Waals surface area contributed by atoms with E-state index in [4.69, 9.17) is 11.6 Å². The summed E-state index contributed by atoms with van der Waals surface area (Å²) in [5.74, 6) is -0.376. The summed E-state index contributed by atoms with van der Waals surface area (Å²) in [5.41, 5.74) is 0. The molecule has 0 unspecified atom stereocenters. The van der Waals surface area contributed by atoms with Gasteiger partial charge in [-0.1, -0.05) is 36.0 Å². The second-order valence-corrected chi connectivity index (χ2v) is 3.25. The van der Waals surface area contributed by atoms with Crippen molar-refractivity contribution < 1.29 is 4.39 Å². The number of benzene rings is 1. The van der Waals surface area contributed by atoms with Gasteiger partial charge in [-0.3, -0.25) is 0 Å². The highest BCUT2D eigenvalue weighted by Gasteiger charge is 2.03. The molecule has 0 aromatic heterocycles. The van der Waals surface area contributed by atoms with E-state index in [1.807, 2.05) is 0 Å². The van der Waals surface area contributed by atoms with E-state index in [0.717, 1.165) is 0 Å². The summed E-state index contributed by atoms with van der Waals surface area (Å²) in [5, 5.41) is 1.71. The SMILES string of the molecule is C=CSc1cccc(Cl)c1F. The lowest BCUT2D eigenvalue weighted by Gasteiger charge is -1.98. The van der Waals surface area contributed by atoms with Crippen LogP contribution in [-0.4, -0.2) is 0 Å². The summed E-state index contributed by atoms with van der Waals surface area (Å²) in [4.78, 5) is 0.507. The predicted octanol–water partition coefficient (Wildman–Crippen LogP) is 3.71. The molecule has 0 bridgehead atoms. The maximum atomic E-state index is 13.0. The van der Waals surface area contributed by atoms with Crippen LogP contribution in [-0.2, 0) is 0 Å². The molecule has 0 nitrogen and oxygen atoms in total. The Balaban J connectivity index is 3.05. The Bertz CT molecular complexity index is 273. The van der Waals surface area contributed by atoms with Crippen molar-refractivity contribution in [1.29, 1.82) is 0 Å². The minimum atomic E-state index is -0.376. The molecule has 0 aliphatic carbocycles. The minimum Gasteiger partial charge on any atom is -0.204 e. The van der Waals surface area contributed by atoms with Crippen LogP contribution in [0.15, 0.2) is 35.1 Å². The van der Waals surface area contributed by atoms with Crippen molar-refractivity contribution in [1.82, 2.24) is 0 Å². The number of hydrogen-bond acceptors (Lipinski definition) is 1. The van der Waals surface area contributed by atoms with Gasteiger partial charge in [-0.05, 0) is 17.5 Å². The van der Waals surface area contributed by atoms with Crippen LogP contribution in [0, 0.1) is 5.82 Å². The molecule has 0 fully saturated rings. The van der Waals surface area contributed by atoms with Crippen LogP contribution in [0.2, 0.25) is 5.02 Å². The zero-order valence-electron chi connectivity index (χ0n) is 5.68. The molecule has 0 atom stereocenters. The number of rotatable bonds is 2. The summed E-state index contributed by atoms with van der Waals surface area (Å²) in [7, 11) is 0. The Kier molecular flexibility index (Phi) is 2.97. The van der Waals surface area contributed by atoms with Crippen molar-refractivity contribution in [3.63, 3.8) is 0 Å². The van der Waals surface area contributed by atoms with Crippen molar-refractivity contribution in [2.75, 3.05) is 0 Å². The van der Waals surface area contributed by atoms with E-state index in [0.29, 0.717) is 4.90 Å². The van der Waals surface area contributed by atoms with Gasteiger partial charge in [-0.2, -0.15) is 0 Å². The first-order valence-electron chi connectivity index (χ1n) is 2.97. The predicted molar refractivity (Wildman–Crippen MR) is 47.5 cm³/mol. The summed E-state index contributed by atoms with van der Waals surface area (Å²) in [6, 6.07) is 4.88. The molecule has 0 spiro atoms. The maximum absolute atomic E-state index is 13.0. The van der Waals surface area contributed by atoms with Crippen LogP contribution in [0.25, 0.3) is 0 Å². The molecule has 0 aliphatic heterocycles. The molecule has 1 aromatic carbocycles. The zero-order chi connectivity index (χ0) is 8.27. The van der Waals surface area contributed by atoms with Crippen LogP contribution < -0.4 is 0 Å². The van der Waals surface area contributed by atoms with Crippen molar-refractivity contribution in [3.05, 3.63) is 41.0 Å². The van der Waals surface area contributed by atoms with Crippen LogP contribution in [0.1, 0.15) is 0 Å². The van der Waals surface area contributed by atoms with Gasteiger partial charge in [-0.25, -0.2) is 4.39 Å². The molecule has 0 radical (unpaired) electrons. The molecular weight excluding hydrogens is 183 g/mol. The fourth-order valence-corrected chi connectivity index (χ4v) is 1.45. The smallest absolute Gasteiger partial charge is 0.155 e. The van der Waals surface area contributed by atoms with E-state index in [1.165, 1.54) is 17.8 Å². The van der Waals surface area contributed by atoms with E-state index >= 15 is 0 Å². The number of halogens is 2. The van der Waals surface area contributed by atoms with Gasteiger partial charge in [0.05, 0.1) is 5.02 Å². The lowest BCUT2D eigenvalue weighted by Crippen LogP contribution is -1.79. The van der Waals surface area contributed by atoms with E-state index < -0.39 is 0 Å². The highest BCUT2D eigenvalue weighted by Crippen LogP contribution is 2.26. The van der Waals surface area contributed by atoms with Crippen LogP contribution >= 0.6 is 23.4 Å². The molecule has 0 heterocycles. The first-order valence-corrected chi connectivity index (χ1v) is 4.23. The van der Waals surface area contributed by atoms with Crippen molar-refractivity contribution in [2.24, 2.45) is 0 Å². The van der Waals surface area contributed by atoms with Crippen LogP contribution in [0.4, 0.5) is 4.39 Å². The average molecular weight is 189 g/mol. The topological polar surface area (TPSA) is 0 Å². The van der Waals surface area contributed by atoms with Crippen molar-refractivity contribution in [2.45, 2.75) is 4.90 Å². The van der Waals surface area contributed by atoms with E-state index in [2.05, 4.69) is 6.58 Å². The Labute approximate surface area is 74.1 Å². The van der Waals surface area contributed by atoms with Gasteiger partial charge >= 0.3 is 0 Å². The summed E-state index contributed by atoms with van der Waals surface area (Å²) < 4.78 is 13.0. The number of thioether (sulfide) groups is 1. The highest BCUT2D eigenvalue weighted by atomic mass is 35.5. The third-order valence-corrected chi connectivity index (χ3v) is 2.15. The van der Waals surface area contributed by atoms with Crippen LogP contribution in [0.3, 0.4) is 0 Å². The molecule has 1 rings (SSSR count).